The summed E-state index contributed by atoms with van der Waals surface area (Å²) in [7, 11) is -3.34. The van der Waals surface area contributed by atoms with Gasteiger partial charge in [-0.3, -0.25) is 9.52 Å². The molecule has 0 radical (unpaired) electrons. The third kappa shape index (κ3) is 4.65. The lowest BCUT2D eigenvalue weighted by Crippen LogP contribution is -2.12. The van der Waals surface area contributed by atoms with E-state index in [9.17, 15) is 13.2 Å². The lowest BCUT2D eigenvalue weighted by molar-refractivity contribution is 0.102. The maximum atomic E-state index is 12.3. The summed E-state index contributed by atoms with van der Waals surface area (Å²) >= 11 is 1.55. The molecule has 0 aliphatic rings. The Labute approximate surface area is 149 Å². The van der Waals surface area contributed by atoms with E-state index in [1.54, 1.807) is 41.8 Å². The third-order valence-corrected chi connectivity index (χ3v) is 4.70. The summed E-state index contributed by atoms with van der Waals surface area (Å²) in [6, 6.07) is 13.6. The van der Waals surface area contributed by atoms with Crippen molar-refractivity contribution in [1.29, 1.82) is 0 Å². The second kappa shape index (κ2) is 7.04. The molecular formula is C17H15N3O3S2. The van der Waals surface area contributed by atoms with Crippen LogP contribution in [0.15, 0.2) is 60.1 Å². The van der Waals surface area contributed by atoms with Crippen LogP contribution in [0.3, 0.4) is 0 Å². The minimum absolute atomic E-state index is 0.270. The molecule has 1 amide bonds. The zero-order chi connectivity index (χ0) is 17.9. The summed E-state index contributed by atoms with van der Waals surface area (Å²) < 4.78 is 24.7. The van der Waals surface area contributed by atoms with E-state index in [0.29, 0.717) is 16.9 Å². The predicted molar refractivity (Wildman–Crippen MR) is 100 cm³/mol. The number of rotatable bonds is 5. The van der Waals surface area contributed by atoms with Crippen LogP contribution in [-0.2, 0) is 10.0 Å². The third-order valence-electron chi connectivity index (χ3n) is 3.27. The summed E-state index contributed by atoms with van der Waals surface area (Å²) in [5, 5.41) is 5.64. The minimum Gasteiger partial charge on any atom is -0.322 e. The molecule has 1 heterocycles. The molecule has 3 aromatic rings. The number of anilines is 2. The number of carbonyl (C=O) groups is 1. The van der Waals surface area contributed by atoms with Crippen LogP contribution in [-0.4, -0.2) is 25.6 Å². The molecule has 0 fully saturated rings. The first-order valence-corrected chi connectivity index (χ1v) is 10.1. The lowest BCUT2D eigenvalue weighted by Gasteiger charge is -2.07. The molecule has 2 N–H and O–H groups in total. The van der Waals surface area contributed by atoms with E-state index in [1.165, 1.54) is 0 Å². The largest absolute Gasteiger partial charge is 0.322 e. The summed E-state index contributed by atoms with van der Waals surface area (Å²) in [4.78, 5) is 16.5. The fourth-order valence-corrected chi connectivity index (χ4v) is 3.38. The molecule has 0 atom stereocenters. The second-order valence-electron chi connectivity index (χ2n) is 5.32. The van der Waals surface area contributed by atoms with Gasteiger partial charge >= 0.3 is 0 Å². The SMILES string of the molecule is CS(=O)(=O)Nc1ccc(C(=O)Nc2ccc(-c3nccs3)cc2)cc1. The van der Waals surface area contributed by atoms with Crippen molar-refractivity contribution in [1.82, 2.24) is 4.98 Å². The molecule has 3 rings (SSSR count). The second-order valence-corrected chi connectivity index (χ2v) is 7.96. The number of sulfonamides is 1. The van der Waals surface area contributed by atoms with Crippen molar-refractivity contribution < 1.29 is 13.2 Å². The van der Waals surface area contributed by atoms with Crippen molar-refractivity contribution in [3.63, 3.8) is 0 Å². The number of thiazole rings is 1. The van der Waals surface area contributed by atoms with Gasteiger partial charge in [0.2, 0.25) is 10.0 Å². The Morgan fingerprint density at radius 1 is 1.00 bits per heavy atom. The Morgan fingerprint density at radius 2 is 1.64 bits per heavy atom. The van der Waals surface area contributed by atoms with Crippen LogP contribution in [0.2, 0.25) is 0 Å². The smallest absolute Gasteiger partial charge is 0.255 e. The van der Waals surface area contributed by atoms with Gasteiger partial charge in [-0.05, 0) is 48.5 Å². The maximum Gasteiger partial charge on any atom is 0.255 e. The Kier molecular flexibility index (Phi) is 4.82. The molecule has 0 aliphatic heterocycles. The number of benzene rings is 2. The molecule has 2 aromatic carbocycles. The van der Waals surface area contributed by atoms with Gasteiger partial charge in [-0.15, -0.1) is 11.3 Å². The first-order chi connectivity index (χ1) is 11.9. The zero-order valence-corrected chi connectivity index (χ0v) is 14.9. The Bertz CT molecular complexity index is 965. The number of nitrogens with one attached hydrogen (secondary N) is 2. The molecule has 0 saturated heterocycles. The van der Waals surface area contributed by atoms with Gasteiger partial charge in [-0.2, -0.15) is 0 Å². The molecule has 0 aliphatic carbocycles. The van der Waals surface area contributed by atoms with Gasteiger partial charge in [0.05, 0.1) is 6.26 Å². The Balaban J connectivity index is 1.67. The summed E-state index contributed by atoms with van der Waals surface area (Å²) in [6.45, 7) is 0. The van der Waals surface area contributed by atoms with Crippen molar-refractivity contribution >= 4 is 38.6 Å². The number of hydrogen-bond donors (Lipinski definition) is 2. The molecule has 1 aromatic heterocycles. The minimum atomic E-state index is -3.34. The van der Waals surface area contributed by atoms with Crippen molar-refractivity contribution in [2.45, 2.75) is 0 Å². The fourth-order valence-electron chi connectivity index (χ4n) is 2.17. The van der Waals surface area contributed by atoms with Crippen molar-refractivity contribution in [3.8, 4) is 10.6 Å². The number of aromatic nitrogens is 1. The number of amides is 1. The molecule has 0 spiro atoms. The van der Waals surface area contributed by atoms with Crippen molar-refractivity contribution in [2.75, 3.05) is 16.3 Å². The van der Waals surface area contributed by atoms with Gasteiger partial charge in [-0.1, -0.05) is 0 Å². The number of carbonyl (C=O) groups excluding carboxylic acids is 1. The van der Waals surface area contributed by atoms with Crippen LogP contribution in [0.5, 0.6) is 0 Å². The van der Waals surface area contributed by atoms with E-state index in [1.807, 2.05) is 29.6 Å². The fraction of sp³-hybridized carbons (Fsp3) is 0.0588. The van der Waals surface area contributed by atoms with Gasteiger partial charge < -0.3 is 5.32 Å². The van der Waals surface area contributed by atoms with E-state index >= 15 is 0 Å². The highest BCUT2D eigenvalue weighted by Gasteiger charge is 2.08. The van der Waals surface area contributed by atoms with Gasteiger partial charge in [0.1, 0.15) is 5.01 Å². The molecule has 6 nitrogen and oxygen atoms in total. The monoisotopic (exact) mass is 373 g/mol. The standard InChI is InChI=1S/C17H15N3O3S2/c1-25(22,23)20-15-8-2-12(3-9-15)16(21)19-14-6-4-13(5-7-14)17-18-10-11-24-17/h2-11,20H,1H3,(H,19,21). The molecular weight excluding hydrogens is 358 g/mol. The zero-order valence-electron chi connectivity index (χ0n) is 13.3. The van der Waals surface area contributed by atoms with Crippen molar-refractivity contribution in [3.05, 3.63) is 65.7 Å². The van der Waals surface area contributed by atoms with Gasteiger partial charge in [0.25, 0.3) is 5.91 Å². The van der Waals surface area contributed by atoms with Gasteiger partial charge in [-0.25, -0.2) is 13.4 Å². The van der Waals surface area contributed by atoms with Crippen LogP contribution in [0, 0.1) is 0 Å². The normalized spacial score (nSPS) is 11.1. The van der Waals surface area contributed by atoms with E-state index < -0.39 is 10.0 Å². The van der Waals surface area contributed by atoms with Crippen LogP contribution >= 0.6 is 11.3 Å². The van der Waals surface area contributed by atoms with Gasteiger partial charge in [0.15, 0.2) is 0 Å². The first kappa shape index (κ1) is 17.1. The summed E-state index contributed by atoms with van der Waals surface area (Å²) in [5.74, 6) is -0.270. The average molecular weight is 373 g/mol. The van der Waals surface area contributed by atoms with E-state index in [4.69, 9.17) is 0 Å². The van der Waals surface area contributed by atoms with E-state index in [-0.39, 0.29) is 5.91 Å². The van der Waals surface area contributed by atoms with Crippen LogP contribution in [0.25, 0.3) is 10.6 Å². The van der Waals surface area contributed by atoms with Crippen molar-refractivity contribution in [2.24, 2.45) is 0 Å². The highest BCUT2D eigenvalue weighted by molar-refractivity contribution is 7.92. The highest BCUT2D eigenvalue weighted by atomic mass is 32.2. The van der Waals surface area contributed by atoms with Crippen LogP contribution in [0.1, 0.15) is 10.4 Å². The molecule has 128 valence electrons. The molecule has 0 saturated carbocycles. The number of hydrogen-bond acceptors (Lipinski definition) is 5. The number of nitrogens with zero attached hydrogens (tertiary/aromatic N) is 1. The maximum absolute atomic E-state index is 12.3. The van der Waals surface area contributed by atoms with E-state index in [0.717, 1.165) is 16.8 Å². The van der Waals surface area contributed by atoms with Gasteiger partial charge in [0, 0.05) is 34.1 Å². The molecule has 0 bridgehead atoms. The topological polar surface area (TPSA) is 88.2 Å². The molecule has 0 unspecified atom stereocenters. The van der Waals surface area contributed by atoms with E-state index in [2.05, 4.69) is 15.0 Å². The summed E-state index contributed by atoms with van der Waals surface area (Å²) in [5.41, 5.74) is 2.50. The average Bonchev–Trinajstić information content (AvgIpc) is 3.09. The van der Waals surface area contributed by atoms with Crippen LogP contribution in [0.4, 0.5) is 11.4 Å². The quantitative estimate of drug-likeness (QED) is 0.717. The Hall–Kier alpha value is -2.71. The Morgan fingerprint density at radius 3 is 2.20 bits per heavy atom. The van der Waals surface area contributed by atoms with Crippen LogP contribution < -0.4 is 10.0 Å². The first-order valence-electron chi connectivity index (χ1n) is 7.30. The molecule has 8 heteroatoms. The predicted octanol–water partition coefficient (Wildman–Crippen LogP) is 3.43. The lowest BCUT2D eigenvalue weighted by atomic mass is 10.1. The highest BCUT2D eigenvalue weighted by Crippen LogP contribution is 2.23. The molecule has 25 heavy (non-hydrogen) atoms. The summed E-state index contributed by atoms with van der Waals surface area (Å²) in [6.07, 6.45) is 2.82.